The topological polar surface area (TPSA) is 47.6 Å². The maximum atomic E-state index is 12.5. The first kappa shape index (κ1) is 18.6. The zero-order chi connectivity index (χ0) is 17.6. The van der Waals surface area contributed by atoms with Crippen molar-refractivity contribution >= 4 is 11.6 Å². The number of carbonyl (C=O) groups excluding carboxylic acids is 1. The molecule has 0 bridgehead atoms. The Balaban J connectivity index is 2.01. The summed E-state index contributed by atoms with van der Waals surface area (Å²) in [6, 6.07) is 6.14. The molecule has 0 aliphatic heterocycles. The number of nitrogens with zero attached hydrogens (tertiary/aromatic N) is 1. The highest BCUT2D eigenvalue weighted by molar-refractivity contribution is 5.92. The lowest BCUT2D eigenvalue weighted by Crippen LogP contribution is -2.51. The van der Waals surface area contributed by atoms with E-state index in [0.717, 1.165) is 10.2 Å². The average molecular weight is 335 g/mol. The molecule has 0 spiro atoms. The number of anilines is 1. The van der Waals surface area contributed by atoms with Gasteiger partial charge >= 0.3 is 0 Å². The molecular formula is C19H31N2O3+. The van der Waals surface area contributed by atoms with Crippen LogP contribution in [0.3, 0.4) is 0 Å². The second-order valence-electron chi connectivity index (χ2n) is 6.95. The van der Waals surface area contributed by atoms with Gasteiger partial charge in [-0.25, -0.2) is 0 Å². The van der Waals surface area contributed by atoms with Gasteiger partial charge in [-0.05, 0) is 51.7 Å². The first-order valence-electron chi connectivity index (χ1n) is 8.98. The van der Waals surface area contributed by atoms with Gasteiger partial charge in [0, 0.05) is 11.8 Å². The number of hydrogen-bond donors (Lipinski definition) is 1. The summed E-state index contributed by atoms with van der Waals surface area (Å²) in [5.41, 5.74) is 0.748. The number of nitrogens with one attached hydrogen (secondary N) is 1. The largest absolute Gasteiger partial charge is 0.490 e. The Hall–Kier alpha value is -1.75. The van der Waals surface area contributed by atoms with Crippen LogP contribution >= 0.6 is 0 Å². The fourth-order valence-corrected chi connectivity index (χ4v) is 3.43. The minimum absolute atomic E-state index is 0.0403. The number of rotatable bonds is 8. The minimum Gasteiger partial charge on any atom is -0.490 e. The number of likely N-dealkylation sites (N-methyl/N-ethyl adjacent to an activating group) is 1. The van der Waals surface area contributed by atoms with Crippen molar-refractivity contribution in [3.05, 3.63) is 18.2 Å². The van der Waals surface area contributed by atoms with Gasteiger partial charge in [-0.2, -0.15) is 0 Å². The molecule has 1 amide bonds. The molecule has 2 rings (SSSR count). The molecule has 0 atom stereocenters. The van der Waals surface area contributed by atoms with Gasteiger partial charge in [0.05, 0.1) is 33.4 Å². The van der Waals surface area contributed by atoms with E-state index in [1.54, 1.807) is 0 Å². The molecular weight excluding hydrogens is 304 g/mol. The summed E-state index contributed by atoms with van der Waals surface area (Å²) < 4.78 is 11.9. The van der Waals surface area contributed by atoms with Crippen molar-refractivity contribution in [3.63, 3.8) is 0 Å². The van der Waals surface area contributed by atoms with Crippen LogP contribution in [0.4, 0.5) is 5.69 Å². The van der Waals surface area contributed by atoms with E-state index < -0.39 is 0 Å². The Morgan fingerprint density at radius 3 is 2.38 bits per heavy atom. The van der Waals surface area contributed by atoms with Gasteiger partial charge < -0.3 is 19.3 Å². The van der Waals surface area contributed by atoms with E-state index in [1.807, 2.05) is 32.0 Å². The maximum absolute atomic E-state index is 12.5. The first-order valence-corrected chi connectivity index (χ1v) is 8.98. The Morgan fingerprint density at radius 1 is 1.12 bits per heavy atom. The number of ether oxygens (including phenoxy) is 2. The molecule has 134 valence electrons. The van der Waals surface area contributed by atoms with Gasteiger partial charge in [0.1, 0.15) is 0 Å². The Morgan fingerprint density at radius 2 is 1.75 bits per heavy atom. The molecule has 5 nitrogen and oxygen atoms in total. The Bertz CT molecular complexity index is 552. The van der Waals surface area contributed by atoms with Crippen LogP contribution in [0, 0.1) is 0 Å². The van der Waals surface area contributed by atoms with E-state index in [0.29, 0.717) is 37.3 Å². The minimum atomic E-state index is 0.0403. The predicted molar refractivity (Wildman–Crippen MR) is 96.6 cm³/mol. The van der Waals surface area contributed by atoms with Gasteiger partial charge in [0.25, 0.3) is 5.91 Å². The third kappa shape index (κ3) is 4.87. The van der Waals surface area contributed by atoms with Gasteiger partial charge in [-0.1, -0.05) is 0 Å². The van der Waals surface area contributed by atoms with E-state index in [-0.39, 0.29) is 5.91 Å². The number of benzene rings is 1. The van der Waals surface area contributed by atoms with Crippen molar-refractivity contribution in [2.45, 2.75) is 45.6 Å². The molecule has 1 aromatic rings. The summed E-state index contributed by atoms with van der Waals surface area (Å²) in [5.74, 6) is 1.42. The molecule has 1 aromatic carbocycles. The maximum Gasteiger partial charge on any atom is 0.279 e. The van der Waals surface area contributed by atoms with Crippen LogP contribution < -0.4 is 14.8 Å². The molecule has 1 N–H and O–H groups in total. The van der Waals surface area contributed by atoms with E-state index in [2.05, 4.69) is 19.4 Å². The summed E-state index contributed by atoms with van der Waals surface area (Å²) >= 11 is 0. The molecule has 5 heteroatoms. The fourth-order valence-electron chi connectivity index (χ4n) is 3.43. The van der Waals surface area contributed by atoms with Crippen LogP contribution in [0.15, 0.2) is 18.2 Å². The predicted octanol–water partition coefficient (Wildman–Crippen LogP) is 3.44. The number of quaternary nitrogens is 1. The van der Waals surface area contributed by atoms with Crippen LogP contribution in [0.25, 0.3) is 0 Å². The molecule has 1 aliphatic rings. The zero-order valence-electron chi connectivity index (χ0n) is 15.4. The molecule has 1 aliphatic carbocycles. The lowest BCUT2D eigenvalue weighted by molar-refractivity contribution is -0.906. The zero-order valence-corrected chi connectivity index (χ0v) is 15.4. The van der Waals surface area contributed by atoms with Crippen LogP contribution in [-0.4, -0.2) is 50.3 Å². The van der Waals surface area contributed by atoms with Crippen molar-refractivity contribution < 1.29 is 18.8 Å². The molecule has 0 heterocycles. The van der Waals surface area contributed by atoms with Crippen molar-refractivity contribution in [1.82, 2.24) is 0 Å². The first-order chi connectivity index (χ1) is 11.5. The van der Waals surface area contributed by atoms with Crippen LogP contribution in [0.1, 0.15) is 39.5 Å². The highest BCUT2D eigenvalue weighted by Gasteiger charge is 2.33. The van der Waals surface area contributed by atoms with Gasteiger partial charge in [-0.3, -0.25) is 4.79 Å². The third-order valence-electron chi connectivity index (χ3n) is 4.69. The van der Waals surface area contributed by atoms with Crippen molar-refractivity contribution in [2.24, 2.45) is 0 Å². The molecule has 1 fully saturated rings. The molecule has 0 saturated heterocycles. The van der Waals surface area contributed by atoms with Crippen LogP contribution in [0.5, 0.6) is 11.5 Å². The Labute approximate surface area is 145 Å². The summed E-state index contributed by atoms with van der Waals surface area (Å²) in [6.45, 7) is 5.50. The standard InChI is InChI=1S/C19H30N2O3/c1-5-23-17-12-11-15(13-18(17)24-6-2)20-19(22)14-21(3,4)16-9-7-8-10-16/h11-13,16H,5-10,14H2,1-4H3/p+1. The van der Waals surface area contributed by atoms with E-state index in [1.165, 1.54) is 25.7 Å². The van der Waals surface area contributed by atoms with Crippen LogP contribution in [0.2, 0.25) is 0 Å². The quantitative estimate of drug-likeness (QED) is 0.740. The summed E-state index contributed by atoms with van der Waals surface area (Å²) in [7, 11) is 4.30. The highest BCUT2D eigenvalue weighted by atomic mass is 16.5. The summed E-state index contributed by atoms with van der Waals surface area (Å²) in [6.07, 6.45) is 5.00. The van der Waals surface area contributed by atoms with Gasteiger partial charge in [0.2, 0.25) is 0 Å². The molecule has 24 heavy (non-hydrogen) atoms. The van der Waals surface area contributed by atoms with Gasteiger partial charge in [-0.15, -0.1) is 0 Å². The van der Waals surface area contributed by atoms with E-state index in [4.69, 9.17) is 9.47 Å². The molecule has 0 aromatic heterocycles. The van der Waals surface area contributed by atoms with Crippen LogP contribution in [-0.2, 0) is 4.79 Å². The second-order valence-corrected chi connectivity index (χ2v) is 6.95. The van der Waals surface area contributed by atoms with E-state index in [9.17, 15) is 4.79 Å². The molecule has 0 radical (unpaired) electrons. The second kappa shape index (κ2) is 8.38. The van der Waals surface area contributed by atoms with Crippen molar-refractivity contribution in [2.75, 3.05) is 39.2 Å². The summed E-state index contributed by atoms with van der Waals surface area (Å²) in [5, 5.41) is 3.00. The smallest absolute Gasteiger partial charge is 0.279 e. The normalized spacial score (nSPS) is 15.3. The SMILES string of the molecule is CCOc1ccc(NC(=O)C[N+](C)(C)C2CCCC2)cc1OCC. The Kier molecular flexibility index (Phi) is 6.49. The summed E-state index contributed by atoms with van der Waals surface area (Å²) in [4.78, 5) is 12.5. The monoisotopic (exact) mass is 335 g/mol. The number of hydrogen-bond acceptors (Lipinski definition) is 3. The van der Waals surface area contributed by atoms with Crippen molar-refractivity contribution in [3.8, 4) is 11.5 Å². The molecule has 0 unspecified atom stereocenters. The number of carbonyl (C=O) groups is 1. The van der Waals surface area contributed by atoms with E-state index >= 15 is 0 Å². The third-order valence-corrected chi connectivity index (χ3v) is 4.69. The fraction of sp³-hybridized carbons (Fsp3) is 0.632. The number of amides is 1. The van der Waals surface area contributed by atoms with Gasteiger partial charge in [0.15, 0.2) is 18.0 Å². The highest BCUT2D eigenvalue weighted by Crippen LogP contribution is 2.31. The van der Waals surface area contributed by atoms with Crippen molar-refractivity contribution in [1.29, 1.82) is 0 Å². The molecule has 1 saturated carbocycles. The lowest BCUT2D eigenvalue weighted by Gasteiger charge is -2.35. The lowest BCUT2D eigenvalue weighted by atomic mass is 10.2. The average Bonchev–Trinajstić information content (AvgIpc) is 3.05.